The molecule has 0 aromatic carbocycles. The van der Waals surface area contributed by atoms with Crippen molar-refractivity contribution in [2.24, 2.45) is 0 Å². The lowest BCUT2D eigenvalue weighted by atomic mass is 10.2. The fourth-order valence-electron chi connectivity index (χ4n) is 0.563. The van der Waals surface area contributed by atoms with Crippen LogP contribution in [0.15, 0.2) is 0 Å². The third-order valence-electron chi connectivity index (χ3n) is 1.01. The van der Waals surface area contributed by atoms with Crippen molar-refractivity contribution in [1.29, 1.82) is 0 Å². The Morgan fingerprint density at radius 3 is 2.45 bits per heavy atom. The predicted molar refractivity (Wildman–Crippen MR) is 35.9 cm³/mol. The first-order valence-corrected chi connectivity index (χ1v) is 3.01. The molecule has 0 aromatic rings. The molecule has 62 valence electrons. The first kappa shape index (κ1) is 9.61. The molecule has 2 N–H and O–H groups in total. The zero-order valence-electron chi connectivity index (χ0n) is 6.03. The van der Waals surface area contributed by atoms with Crippen molar-refractivity contribution in [1.82, 2.24) is 5.32 Å². The number of aldehydes is 1. The van der Waals surface area contributed by atoms with Gasteiger partial charge in [0, 0.05) is 13.3 Å². The number of hydrogen-bond acceptors (Lipinski definition) is 3. The molecule has 0 bridgehead atoms. The Morgan fingerprint density at radius 2 is 2.18 bits per heavy atom. The van der Waals surface area contributed by atoms with Gasteiger partial charge < -0.3 is 15.2 Å². The Morgan fingerprint density at radius 1 is 1.64 bits per heavy atom. The summed E-state index contributed by atoms with van der Waals surface area (Å²) in [5.74, 6) is -1.66. The molecule has 0 rings (SSSR count). The Hall–Kier alpha value is -1.39. The van der Waals surface area contributed by atoms with Crippen molar-refractivity contribution in [3.63, 3.8) is 0 Å². The Kier molecular flexibility index (Phi) is 3.87. The van der Waals surface area contributed by atoms with Crippen LogP contribution >= 0.6 is 0 Å². The van der Waals surface area contributed by atoms with Gasteiger partial charge in [0.05, 0.1) is 0 Å². The smallest absolute Gasteiger partial charge is 0.326 e. The molecular formula is C6H9NO4. The third kappa shape index (κ3) is 4.07. The summed E-state index contributed by atoms with van der Waals surface area (Å²) in [5, 5.41) is 10.5. The SMILES string of the molecule is CC(=O)N[C@@H](CC=O)C(=O)O. The fourth-order valence-corrected chi connectivity index (χ4v) is 0.563. The molecule has 0 saturated heterocycles. The predicted octanol–water partition coefficient (Wildman–Crippen LogP) is -0.835. The number of carboxylic acids is 1. The summed E-state index contributed by atoms with van der Waals surface area (Å²) in [6, 6.07) is -1.09. The van der Waals surface area contributed by atoms with Gasteiger partial charge in [0.15, 0.2) is 0 Å². The summed E-state index contributed by atoms with van der Waals surface area (Å²) in [4.78, 5) is 30.5. The van der Waals surface area contributed by atoms with Crippen LogP contribution in [-0.4, -0.2) is 29.3 Å². The van der Waals surface area contributed by atoms with E-state index < -0.39 is 17.9 Å². The summed E-state index contributed by atoms with van der Waals surface area (Å²) in [7, 11) is 0. The average molecular weight is 159 g/mol. The van der Waals surface area contributed by atoms with E-state index in [-0.39, 0.29) is 6.42 Å². The second-order valence-electron chi connectivity index (χ2n) is 1.99. The Bertz CT molecular complexity index is 177. The highest BCUT2D eigenvalue weighted by atomic mass is 16.4. The van der Waals surface area contributed by atoms with Crippen LogP contribution in [0.1, 0.15) is 13.3 Å². The van der Waals surface area contributed by atoms with Gasteiger partial charge in [-0.05, 0) is 0 Å². The van der Waals surface area contributed by atoms with Crippen molar-refractivity contribution in [3.05, 3.63) is 0 Å². The van der Waals surface area contributed by atoms with E-state index in [2.05, 4.69) is 5.32 Å². The second-order valence-corrected chi connectivity index (χ2v) is 1.99. The minimum Gasteiger partial charge on any atom is -0.480 e. The third-order valence-corrected chi connectivity index (χ3v) is 1.01. The van der Waals surface area contributed by atoms with Crippen molar-refractivity contribution < 1.29 is 19.5 Å². The van der Waals surface area contributed by atoms with Crippen LogP contribution < -0.4 is 5.32 Å². The monoisotopic (exact) mass is 159 g/mol. The van der Waals surface area contributed by atoms with E-state index in [9.17, 15) is 14.4 Å². The topological polar surface area (TPSA) is 83.5 Å². The van der Waals surface area contributed by atoms with Crippen LogP contribution in [0.5, 0.6) is 0 Å². The number of carbonyl (C=O) groups is 3. The van der Waals surface area contributed by atoms with Crippen LogP contribution in [0.2, 0.25) is 0 Å². The highest BCUT2D eigenvalue weighted by Crippen LogP contribution is 1.88. The van der Waals surface area contributed by atoms with E-state index >= 15 is 0 Å². The van der Waals surface area contributed by atoms with Crippen molar-refractivity contribution in [2.45, 2.75) is 19.4 Å². The number of rotatable bonds is 4. The number of amides is 1. The lowest BCUT2D eigenvalue weighted by Crippen LogP contribution is -2.39. The maximum absolute atomic E-state index is 10.3. The molecule has 0 aromatic heterocycles. The quantitative estimate of drug-likeness (QED) is 0.524. The molecule has 0 aliphatic carbocycles. The molecule has 1 atom stereocenters. The first-order chi connectivity index (χ1) is 5.07. The number of carbonyl (C=O) groups excluding carboxylic acids is 2. The molecule has 0 unspecified atom stereocenters. The van der Waals surface area contributed by atoms with E-state index in [0.717, 1.165) is 0 Å². The second kappa shape index (κ2) is 4.43. The molecule has 5 heteroatoms. The zero-order chi connectivity index (χ0) is 8.85. The van der Waals surface area contributed by atoms with E-state index in [4.69, 9.17) is 5.11 Å². The van der Waals surface area contributed by atoms with Gasteiger partial charge in [0.25, 0.3) is 0 Å². The zero-order valence-corrected chi connectivity index (χ0v) is 6.03. The van der Waals surface area contributed by atoms with Crippen LogP contribution in [0.3, 0.4) is 0 Å². The number of hydrogen-bond donors (Lipinski definition) is 2. The van der Waals surface area contributed by atoms with Gasteiger partial charge in [0.1, 0.15) is 12.3 Å². The maximum Gasteiger partial charge on any atom is 0.326 e. The molecule has 0 fully saturated rings. The summed E-state index contributed by atoms with van der Waals surface area (Å²) in [6.07, 6.45) is 0.254. The maximum atomic E-state index is 10.3. The van der Waals surface area contributed by atoms with Crippen LogP contribution in [0.25, 0.3) is 0 Å². The summed E-state index contributed by atoms with van der Waals surface area (Å²) in [6.45, 7) is 1.20. The van der Waals surface area contributed by atoms with Gasteiger partial charge in [-0.1, -0.05) is 0 Å². The Labute approximate surface area is 63.4 Å². The number of carboxylic acid groups (broad SMARTS) is 1. The van der Waals surface area contributed by atoms with E-state index in [0.29, 0.717) is 6.29 Å². The van der Waals surface area contributed by atoms with Crippen LogP contribution in [0, 0.1) is 0 Å². The molecule has 0 saturated carbocycles. The van der Waals surface area contributed by atoms with Crippen LogP contribution in [-0.2, 0) is 14.4 Å². The Balaban J connectivity index is 3.99. The molecule has 0 aliphatic rings. The molecule has 0 heterocycles. The largest absolute Gasteiger partial charge is 0.480 e. The highest BCUT2D eigenvalue weighted by molar-refractivity contribution is 5.83. The summed E-state index contributed by atoms with van der Waals surface area (Å²) < 4.78 is 0. The first-order valence-electron chi connectivity index (χ1n) is 3.01. The van der Waals surface area contributed by atoms with Gasteiger partial charge in [-0.25, -0.2) is 4.79 Å². The number of aliphatic carboxylic acids is 1. The lowest BCUT2D eigenvalue weighted by molar-refractivity contribution is -0.142. The minimum atomic E-state index is -1.20. The molecule has 0 spiro atoms. The minimum absolute atomic E-state index is 0.199. The van der Waals surface area contributed by atoms with E-state index in [1.165, 1.54) is 6.92 Å². The molecule has 1 amide bonds. The van der Waals surface area contributed by atoms with E-state index in [1.807, 2.05) is 0 Å². The van der Waals surface area contributed by atoms with Gasteiger partial charge in [-0.2, -0.15) is 0 Å². The van der Waals surface area contributed by atoms with Crippen molar-refractivity contribution in [3.8, 4) is 0 Å². The van der Waals surface area contributed by atoms with Crippen LogP contribution in [0.4, 0.5) is 0 Å². The van der Waals surface area contributed by atoms with Crippen molar-refractivity contribution in [2.75, 3.05) is 0 Å². The molecule has 11 heavy (non-hydrogen) atoms. The standard InChI is InChI=1S/C6H9NO4/c1-4(9)7-5(2-3-8)6(10)11/h3,5H,2H2,1H3,(H,7,9)(H,10,11)/t5-/m0/s1. The average Bonchev–Trinajstić information content (AvgIpc) is 1.86. The fraction of sp³-hybridized carbons (Fsp3) is 0.500. The number of nitrogens with one attached hydrogen (secondary N) is 1. The summed E-state index contributed by atoms with van der Waals surface area (Å²) >= 11 is 0. The molecule has 0 radical (unpaired) electrons. The molecule has 5 nitrogen and oxygen atoms in total. The van der Waals surface area contributed by atoms with Gasteiger partial charge in [-0.15, -0.1) is 0 Å². The molecular weight excluding hydrogens is 150 g/mol. The molecule has 0 aliphatic heterocycles. The van der Waals surface area contributed by atoms with Gasteiger partial charge in [0.2, 0.25) is 5.91 Å². The van der Waals surface area contributed by atoms with Gasteiger partial charge in [-0.3, -0.25) is 4.79 Å². The van der Waals surface area contributed by atoms with Gasteiger partial charge >= 0.3 is 5.97 Å². The van der Waals surface area contributed by atoms with Crippen molar-refractivity contribution >= 4 is 18.2 Å². The van der Waals surface area contributed by atoms with E-state index in [1.54, 1.807) is 0 Å². The highest BCUT2D eigenvalue weighted by Gasteiger charge is 2.16. The lowest BCUT2D eigenvalue weighted by Gasteiger charge is -2.08. The normalized spacial score (nSPS) is 11.7. The summed E-state index contributed by atoms with van der Waals surface area (Å²) in [5.41, 5.74) is 0.